The SMILES string of the molecule is CC.Cc1cnns1. The van der Waals surface area contributed by atoms with Crippen LogP contribution < -0.4 is 0 Å². The van der Waals surface area contributed by atoms with Gasteiger partial charge in [0, 0.05) is 4.88 Å². The molecule has 0 saturated carbocycles. The van der Waals surface area contributed by atoms with Crippen molar-refractivity contribution in [3.63, 3.8) is 0 Å². The van der Waals surface area contributed by atoms with Gasteiger partial charge in [0.1, 0.15) is 0 Å². The van der Waals surface area contributed by atoms with E-state index in [0.29, 0.717) is 0 Å². The fraction of sp³-hybridized carbons (Fsp3) is 0.600. The van der Waals surface area contributed by atoms with Crippen LogP contribution in [0.4, 0.5) is 0 Å². The van der Waals surface area contributed by atoms with Gasteiger partial charge in [-0.15, -0.1) is 5.10 Å². The lowest BCUT2D eigenvalue weighted by atomic mass is 10.7. The number of rotatable bonds is 0. The van der Waals surface area contributed by atoms with Gasteiger partial charge in [0.25, 0.3) is 0 Å². The Morgan fingerprint density at radius 3 is 2.25 bits per heavy atom. The van der Waals surface area contributed by atoms with Crippen LogP contribution in [0.5, 0.6) is 0 Å². The minimum Gasteiger partial charge on any atom is -0.146 e. The normalized spacial score (nSPS) is 7.38. The maximum absolute atomic E-state index is 3.61. The molecule has 0 aliphatic heterocycles. The fourth-order valence-corrected chi connectivity index (χ4v) is 0.534. The third-order valence-corrected chi connectivity index (χ3v) is 1.04. The lowest BCUT2D eigenvalue weighted by molar-refractivity contribution is 1.15. The first kappa shape index (κ1) is 7.56. The molecule has 0 N–H and O–H groups in total. The van der Waals surface area contributed by atoms with Gasteiger partial charge in [-0.3, -0.25) is 0 Å². The van der Waals surface area contributed by atoms with Gasteiger partial charge in [0.15, 0.2) is 0 Å². The zero-order chi connectivity index (χ0) is 6.41. The molecular weight excluding hydrogens is 120 g/mol. The van der Waals surface area contributed by atoms with Crippen LogP contribution in [0.3, 0.4) is 0 Å². The van der Waals surface area contributed by atoms with E-state index in [1.807, 2.05) is 20.8 Å². The van der Waals surface area contributed by atoms with Gasteiger partial charge < -0.3 is 0 Å². The molecule has 0 saturated heterocycles. The lowest BCUT2D eigenvalue weighted by Crippen LogP contribution is -1.52. The van der Waals surface area contributed by atoms with Gasteiger partial charge in [-0.1, -0.05) is 18.3 Å². The first-order valence-electron chi connectivity index (χ1n) is 2.63. The highest BCUT2D eigenvalue weighted by Gasteiger charge is 1.78. The molecule has 1 heterocycles. The molecule has 3 heteroatoms. The number of hydrogen-bond acceptors (Lipinski definition) is 3. The van der Waals surface area contributed by atoms with E-state index in [0.717, 1.165) is 4.88 Å². The summed E-state index contributed by atoms with van der Waals surface area (Å²) in [6.07, 6.45) is 1.74. The van der Waals surface area contributed by atoms with Crippen LogP contribution >= 0.6 is 11.5 Å². The van der Waals surface area contributed by atoms with Crippen LogP contribution in [0.1, 0.15) is 18.7 Å². The molecule has 0 atom stereocenters. The van der Waals surface area contributed by atoms with Gasteiger partial charge in [-0.05, 0) is 18.5 Å². The average molecular weight is 130 g/mol. The van der Waals surface area contributed by atoms with Crippen molar-refractivity contribution < 1.29 is 0 Å². The van der Waals surface area contributed by atoms with Gasteiger partial charge in [-0.2, -0.15) is 0 Å². The van der Waals surface area contributed by atoms with Gasteiger partial charge in [0.2, 0.25) is 0 Å². The summed E-state index contributed by atoms with van der Waals surface area (Å²) in [6.45, 7) is 5.98. The number of nitrogens with zero attached hydrogens (tertiary/aromatic N) is 2. The van der Waals surface area contributed by atoms with Crippen LogP contribution in [0.2, 0.25) is 0 Å². The van der Waals surface area contributed by atoms with E-state index in [1.54, 1.807) is 6.20 Å². The second-order valence-electron chi connectivity index (χ2n) is 1.03. The Balaban J connectivity index is 0.000000222. The molecule has 0 radical (unpaired) electrons. The quantitative estimate of drug-likeness (QED) is 0.536. The van der Waals surface area contributed by atoms with E-state index < -0.39 is 0 Å². The van der Waals surface area contributed by atoms with Gasteiger partial charge in [0.05, 0.1) is 6.20 Å². The van der Waals surface area contributed by atoms with Crippen molar-refractivity contribution >= 4 is 11.5 Å². The maximum atomic E-state index is 3.61. The predicted octanol–water partition coefficient (Wildman–Crippen LogP) is 1.87. The van der Waals surface area contributed by atoms with Crippen LogP contribution in [-0.2, 0) is 0 Å². The van der Waals surface area contributed by atoms with E-state index in [1.165, 1.54) is 11.5 Å². The number of hydrogen-bond donors (Lipinski definition) is 0. The molecular formula is C5H10N2S. The molecule has 0 spiro atoms. The first-order valence-corrected chi connectivity index (χ1v) is 3.41. The van der Waals surface area contributed by atoms with E-state index >= 15 is 0 Å². The van der Waals surface area contributed by atoms with E-state index in [4.69, 9.17) is 0 Å². The Morgan fingerprint density at radius 1 is 1.50 bits per heavy atom. The molecule has 0 aliphatic rings. The molecule has 1 aromatic heterocycles. The van der Waals surface area contributed by atoms with Crippen molar-refractivity contribution in [2.45, 2.75) is 20.8 Å². The molecule has 0 unspecified atom stereocenters. The fourth-order valence-electron chi connectivity index (χ4n) is 0.216. The monoisotopic (exact) mass is 130 g/mol. The van der Waals surface area contributed by atoms with Crippen molar-refractivity contribution in [3.05, 3.63) is 11.1 Å². The van der Waals surface area contributed by atoms with Crippen LogP contribution in [0.15, 0.2) is 6.20 Å². The highest BCUT2D eigenvalue weighted by atomic mass is 32.1. The highest BCUT2D eigenvalue weighted by Crippen LogP contribution is 1.94. The second-order valence-corrected chi connectivity index (χ2v) is 2.02. The topological polar surface area (TPSA) is 25.8 Å². The summed E-state index contributed by atoms with van der Waals surface area (Å²) in [6, 6.07) is 0. The Labute approximate surface area is 53.7 Å². The van der Waals surface area contributed by atoms with Crippen molar-refractivity contribution in [1.29, 1.82) is 0 Å². The van der Waals surface area contributed by atoms with Crippen molar-refractivity contribution in [2.75, 3.05) is 0 Å². The second kappa shape index (κ2) is 4.71. The molecule has 0 aromatic carbocycles. The summed E-state index contributed by atoms with van der Waals surface area (Å²) in [5.74, 6) is 0. The molecule has 1 rings (SSSR count). The number of aromatic nitrogens is 2. The smallest absolute Gasteiger partial charge is 0.0650 e. The largest absolute Gasteiger partial charge is 0.146 e. The zero-order valence-corrected chi connectivity index (χ0v) is 6.20. The first-order chi connectivity index (χ1) is 3.89. The summed E-state index contributed by atoms with van der Waals surface area (Å²) in [5.41, 5.74) is 0. The van der Waals surface area contributed by atoms with Crippen molar-refractivity contribution in [3.8, 4) is 0 Å². The zero-order valence-electron chi connectivity index (χ0n) is 5.38. The average Bonchev–Trinajstić information content (AvgIpc) is 2.24. The Morgan fingerprint density at radius 2 is 2.12 bits per heavy atom. The lowest BCUT2D eigenvalue weighted by Gasteiger charge is -1.60. The van der Waals surface area contributed by atoms with Gasteiger partial charge in [-0.25, -0.2) is 0 Å². The Hall–Kier alpha value is -0.440. The molecule has 0 fully saturated rings. The van der Waals surface area contributed by atoms with Crippen molar-refractivity contribution in [1.82, 2.24) is 9.59 Å². The molecule has 8 heavy (non-hydrogen) atoms. The van der Waals surface area contributed by atoms with Gasteiger partial charge >= 0.3 is 0 Å². The summed E-state index contributed by atoms with van der Waals surface area (Å²) in [4.78, 5) is 1.16. The predicted molar refractivity (Wildman–Crippen MR) is 36.0 cm³/mol. The number of aryl methyl sites for hydroxylation is 1. The third-order valence-electron chi connectivity index (χ3n) is 0.471. The van der Waals surface area contributed by atoms with E-state index in [2.05, 4.69) is 9.59 Å². The van der Waals surface area contributed by atoms with Crippen LogP contribution in [0, 0.1) is 6.92 Å². The Bertz CT molecular complexity index is 114. The van der Waals surface area contributed by atoms with E-state index in [-0.39, 0.29) is 0 Å². The molecule has 0 aliphatic carbocycles. The highest BCUT2D eigenvalue weighted by molar-refractivity contribution is 7.05. The molecule has 1 aromatic rings. The minimum atomic E-state index is 1.16. The molecule has 0 bridgehead atoms. The standard InChI is InChI=1S/C3H4N2S.C2H6/c1-3-2-4-5-6-3;1-2/h2H,1H3;1-2H3. The molecule has 2 nitrogen and oxygen atoms in total. The van der Waals surface area contributed by atoms with Crippen LogP contribution in [-0.4, -0.2) is 9.59 Å². The van der Waals surface area contributed by atoms with Crippen molar-refractivity contribution in [2.24, 2.45) is 0 Å². The summed E-state index contributed by atoms with van der Waals surface area (Å²) < 4.78 is 3.61. The third kappa shape index (κ3) is 2.69. The minimum absolute atomic E-state index is 1.16. The molecule has 46 valence electrons. The maximum Gasteiger partial charge on any atom is 0.0650 e. The van der Waals surface area contributed by atoms with E-state index in [9.17, 15) is 0 Å². The summed E-state index contributed by atoms with van der Waals surface area (Å²) in [7, 11) is 0. The molecule has 0 amide bonds. The summed E-state index contributed by atoms with van der Waals surface area (Å²) >= 11 is 1.42. The summed E-state index contributed by atoms with van der Waals surface area (Å²) in [5, 5.41) is 3.59. The van der Waals surface area contributed by atoms with Crippen LogP contribution in [0.25, 0.3) is 0 Å². The Kier molecular flexibility index (Phi) is 4.45.